The van der Waals surface area contributed by atoms with Crippen LogP contribution in [0.5, 0.6) is 0 Å². The average Bonchev–Trinajstić information content (AvgIpc) is 3.35. The van der Waals surface area contributed by atoms with Crippen molar-refractivity contribution < 1.29 is 13.2 Å². The molecule has 1 aliphatic rings. The second-order valence-corrected chi connectivity index (χ2v) is 9.88. The van der Waals surface area contributed by atoms with Crippen molar-refractivity contribution in [2.75, 3.05) is 18.4 Å². The van der Waals surface area contributed by atoms with Gasteiger partial charge in [0.05, 0.1) is 4.90 Å². The minimum absolute atomic E-state index is 0.229. The topological polar surface area (TPSA) is 66.5 Å². The summed E-state index contributed by atoms with van der Waals surface area (Å²) >= 11 is 6.30. The van der Waals surface area contributed by atoms with Gasteiger partial charge in [0.15, 0.2) is 0 Å². The maximum absolute atomic E-state index is 13.2. The molecule has 4 rings (SSSR count). The number of carbonyl (C=O) groups excluding carboxylic acids is 1. The summed E-state index contributed by atoms with van der Waals surface area (Å²) in [5.74, 6) is -0.314. The summed E-state index contributed by atoms with van der Waals surface area (Å²) in [6, 6.07) is 22.9. The van der Waals surface area contributed by atoms with Crippen LogP contribution in [0.4, 0.5) is 5.69 Å². The van der Waals surface area contributed by atoms with E-state index in [2.05, 4.69) is 5.32 Å². The van der Waals surface area contributed by atoms with E-state index in [1.807, 2.05) is 48.5 Å². The number of amides is 1. The SMILES string of the molecule is O=C(Nc1ccc(S(=O)(=O)N2CCCC2)cc1)/C(=C/c1ccccc1Cl)c1ccccc1. The molecule has 0 aliphatic carbocycles. The van der Waals surface area contributed by atoms with Crippen LogP contribution in [0.1, 0.15) is 24.0 Å². The molecule has 0 radical (unpaired) electrons. The molecule has 1 saturated heterocycles. The number of sulfonamides is 1. The second kappa shape index (κ2) is 9.69. The van der Waals surface area contributed by atoms with Crippen molar-refractivity contribution in [1.82, 2.24) is 4.31 Å². The van der Waals surface area contributed by atoms with E-state index < -0.39 is 10.0 Å². The normalized spacial score (nSPS) is 15.0. The summed E-state index contributed by atoms with van der Waals surface area (Å²) in [6.07, 6.45) is 3.51. The molecule has 1 heterocycles. The summed E-state index contributed by atoms with van der Waals surface area (Å²) < 4.78 is 26.9. The van der Waals surface area contributed by atoms with Gasteiger partial charge in [-0.2, -0.15) is 4.31 Å². The van der Waals surface area contributed by atoms with E-state index in [1.54, 1.807) is 24.3 Å². The number of benzene rings is 3. The third kappa shape index (κ3) is 4.93. The maximum atomic E-state index is 13.2. The highest BCUT2D eigenvalue weighted by Crippen LogP contribution is 2.26. The number of nitrogens with zero attached hydrogens (tertiary/aromatic N) is 1. The quantitative estimate of drug-likeness (QED) is 0.395. The molecule has 0 atom stereocenters. The van der Waals surface area contributed by atoms with Gasteiger partial charge in [-0.25, -0.2) is 8.42 Å². The third-order valence-electron chi connectivity index (χ3n) is 5.35. The molecule has 0 bridgehead atoms. The van der Waals surface area contributed by atoms with Crippen LogP contribution >= 0.6 is 11.6 Å². The van der Waals surface area contributed by atoms with E-state index in [-0.39, 0.29) is 10.8 Å². The van der Waals surface area contributed by atoms with Gasteiger partial charge in [0.2, 0.25) is 10.0 Å². The van der Waals surface area contributed by atoms with E-state index in [9.17, 15) is 13.2 Å². The first-order valence-electron chi connectivity index (χ1n) is 10.4. The highest BCUT2D eigenvalue weighted by molar-refractivity contribution is 7.89. The first-order chi connectivity index (χ1) is 15.4. The Labute approximate surface area is 193 Å². The Hall–Kier alpha value is -2.93. The summed E-state index contributed by atoms with van der Waals surface area (Å²) in [5.41, 5.74) is 2.44. The van der Waals surface area contributed by atoms with E-state index >= 15 is 0 Å². The van der Waals surface area contributed by atoms with Gasteiger partial charge in [-0.1, -0.05) is 60.1 Å². The third-order valence-corrected chi connectivity index (χ3v) is 7.61. The number of nitrogens with one attached hydrogen (secondary N) is 1. The molecule has 0 saturated carbocycles. The van der Waals surface area contributed by atoms with Crippen molar-refractivity contribution in [3.05, 3.63) is 95.0 Å². The van der Waals surface area contributed by atoms with Crippen molar-refractivity contribution >= 4 is 44.9 Å². The zero-order chi connectivity index (χ0) is 22.6. The second-order valence-electron chi connectivity index (χ2n) is 7.54. The van der Waals surface area contributed by atoms with Crippen LogP contribution in [-0.4, -0.2) is 31.7 Å². The fourth-order valence-electron chi connectivity index (χ4n) is 3.63. The summed E-state index contributed by atoms with van der Waals surface area (Å²) in [4.78, 5) is 13.4. The van der Waals surface area contributed by atoms with Crippen LogP contribution in [0.15, 0.2) is 83.8 Å². The molecule has 1 amide bonds. The Morgan fingerprint density at radius 2 is 1.50 bits per heavy atom. The van der Waals surface area contributed by atoms with Crippen molar-refractivity contribution in [1.29, 1.82) is 0 Å². The molecule has 1 aliphatic heterocycles. The maximum Gasteiger partial charge on any atom is 0.256 e. The number of hydrogen-bond acceptors (Lipinski definition) is 3. The average molecular weight is 467 g/mol. The Balaban J connectivity index is 1.59. The molecule has 3 aromatic rings. The van der Waals surface area contributed by atoms with Gasteiger partial charge in [0.1, 0.15) is 0 Å². The summed E-state index contributed by atoms with van der Waals surface area (Å²) in [5, 5.41) is 3.42. The highest BCUT2D eigenvalue weighted by atomic mass is 35.5. The molecule has 164 valence electrons. The molecule has 1 fully saturated rings. The molecule has 32 heavy (non-hydrogen) atoms. The number of hydrogen-bond donors (Lipinski definition) is 1. The van der Waals surface area contributed by atoms with Crippen LogP contribution in [0, 0.1) is 0 Å². The van der Waals surface area contributed by atoms with Crippen molar-refractivity contribution in [2.24, 2.45) is 0 Å². The minimum Gasteiger partial charge on any atom is -0.322 e. The fourth-order valence-corrected chi connectivity index (χ4v) is 5.34. The molecule has 7 heteroatoms. The lowest BCUT2D eigenvalue weighted by Crippen LogP contribution is -2.27. The van der Waals surface area contributed by atoms with Crippen LogP contribution in [0.25, 0.3) is 11.6 Å². The lowest BCUT2D eigenvalue weighted by atomic mass is 10.0. The fraction of sp³-hybridized carbons (Fsp3) is 0.160. The predicted molar refractivity (Wildman–Crippen MR) is 129 cm³/mol. The zero-order valence-corrected chi connectivity index (χ0v) is 18.9. The van der Waals surface area contributed by atoms with Gasteiger partial charge in [-0.05, 0) is 60.4 Å². The van der Waals surface area contributed by atoms with Crippen LogP contribution in [0.3, 0.4) is 0 Å². The molecule has 0 spiro atoms. The highest BCUT2D eigenvalue weighted by Gasteiger charge is 2.27. The zero-order valence-electron chi connectivity index (χ0n) is 17.4. The molecule has 5 nitrogen and oxygen atoms in total. The Morgan fingerprint density at radius 1 is 0.875 bits per heavy atom. The van der Waals surface area contributed by atoms with Crippen molar-refractivity contribution in [3.63, 3.8) is 0 Å². The number of carbonyl (C=O) groups is 1. The minimum atomic E-state index is -3.49. The van der Waals surface area contributed by atoms with Gasteiger partial charge in [0, 0.05) is 29.4 Å². The van der Waals surface area contributed by atoms with Gasteiger partial charge in [-0.15, -0.1) is 0 Å². The summed E-state index contributed by atoms with van der Waals surface area (Å²) in [7, 11) is -3.49. The first-order valence-corrected chi connectivity index (χ1v) is 12.2. The molecule has 0 unspecified atom stereocenters. The van der Waals surface area contributed by atoms with Crippen molar-refractivity contribution in [3.8, 4) is 0 Å². The van der Waals surface area contributed by atoms with Crippen LogP contribution in [-0.2, 0) is 14.8 Å². The Bertz CT molecular complexity index is 1230. The van der Waals surface area contributed by atoms with Gasteiger partial charge >= 0.3 is 0 Å². The van der Waals surface area contributed by atoms with Gasteiger partial charge in [0.25, 0.3) is 5.91 Å². The lowest BCUT2D eigenvalue weighted by molar-refractivity contribution is -0.111. The van der Waals surface area contributed by atoms with Crippen LogP contribution in [0.2, 0.25) is 5.02 Å². The molecule has 1 N–H and O–H groups in total. The molecular formula is C25H23ClN2O3S. The number of anilines is 1. The van der Waals surface area contributed by atoms with Crippen LogP contribution < -0.4 is 5.32 Å². The van der Waals surface area contributed by atoms with E-state index in [0.29, 0.717) is 29.4 Å². The van der Waals surface area contributed by atoms with Gasteiger partial charge < -0.3 is 5.32 Å². The smallest absolute Gasteiger partial charge is 0.256 e. The predicted octanol–water partition coefficient (Wildman–Crippen LogP) is 5.30. The molecular weight excluding hydrogens is 444 g/mol. The lowest BCUT2D eigenvalue weighted by Gasteiger charge is -2.16. The largest absolute Gasteiger partial charge is 0.322 e. The van der Waals surface area contributed by atoms with Gasteiger partial charge in [-0.3, -0.25) is 4.79 Å². The van der Waals surface area contributed by atoms with Crippen molar-refractivity contribution in [2.45, 2.75) is 17.7 Å². The summed E-state index contributed by atoms with van der Waals surface area (Å²) in [6.45, 7) is 1.10. The van der Waals surface area contributed by atoms with E-state index in [1.165, 1.54) is 16.4 Å². The first kappa shape index (κ1) is 22.3. The Morgan fingerprint density at radius 3 is 2.16 bits per heavy atom. The molecule has 0 aromatic heterocycles. The Kier molecular flexibility index (Phi) is 6.74. The molecule has 3 aromatic carbocycles. The van der Waals surface area contributed by atoms with E-state index in [0.717, 1.165) is 24.0 Å². The number of halogens is 1. The monoisotopic (exact) mass is 466 g/mol. The standard InChI is InChI=1S/C25H23ClN2O3S/c26-24-11-5-4-10-20(24)18-23(19-8-2-1-3-9-19)25(29)27-21-12-14-22(15-13-21)32(30,31)28-16-6-7-17-28/h1-5,8-15,18H,6-7,16-17H2,(H,27,29)/b23-18+. The number of rotatable bonds is 6. The van der Waals surface area contributed by atoms with E-state index in [4.69, 9.17) is 11.6 Å².